The first kappa shape index (κ1) is 13.1. The highest BCUT2D eigenvalue weighted by Crippen LogP contribution is 2.15. The first-order valence-corrected chi connectivity index (χ1v) is 6.80. The van der Waals surface area contributed by atoms with Crippen molar-refractivity contribution in [3.63, 3.8) is 0 Å². The van der Waals surface area contributed by atoms with Crippen molar-refractivity contribution in [2.75, 3.05) is 0 Å². The van der Waals surface area contributed by atoms with Crippen LogP contribution in [0.3, 0.4) is 0 Å². The summed E-state index contributed by atoms with van der Waals surface area (Å²) in [6, 6.07) is 11.8. The van der Waals surface area contributed by atoms with Gasteiger partial charge in [0.05, 0.1) is 6.54 Å². The Morgan fingerprint density at radius 1 is 1.11 bits per heavy atom. The molecule has 0 fully saturated rings. The van der Waals surface area contributed by atoms with E-state index in [-0.39, 0.29) is 5.56 Å². The normalized spacial score (nSPS) is 10.9. The first-order valence-electron chi connectivity index (χ1n) is 6.01. The Balaban J connectivity index is 2.23. The van der Waals surface area contributed by atoms with Gasteiger partial charge in [0, 0.05) is 16.7 Å². The van der Waals surface area contributed by atoms with E-state index in [1.165, 1.54) is 5.56 Å². The minimum Gasteiger partial charge on any atom is -0.310 e. The van der Waals surface area contributed by atoms with E-state index in [1.54, 1.807) is 16.7 Å². The van der Waals surface area contributed by atoms with Crippen molar-refractivity contribution in [2.24, 2.45) is 0 Å². The van der Waals surface area contributed by atoms with Gasteiger partial charge in [-0.25, -0.2) is 0 Å². The van der Waals surface area contributed by atoms with E-state index >= 15 is 0 Å². The average Bonchev–Trinajstić information content (AvgIpc) is 2.34. The van der Waals surface area contributed by atoms with Gasteiger partial charge >= 0.3 is 0 Å². The quantitative estimate of drug-likeness (QED) is 0.846. The zero-order chi connectivity index (χ0) is 13.1. The molecule has 0 amide bonds. The molecule has 0 bridgehead atoms. The number of aromatic nitrogens is 1. The molecule has 0 aliphatic rings. The van der Waals surface area contributed by atoms with Crippen molar-refractivity contribution in [2.45, 2.75) is 26.3 Å². The van der Waals surface area contributed by atoms with Crippen molar-refractivity contribution < 1.29 is 0 Å². The van der Waals surface area contributed by atoms with Gasteiger partial charge in [-0.3, -0.25) is 4.79 Å². The number of hydrogen-bond donors (Lipinski definition) is 0. The van der Waals surface area contributed by atoms with Crippen LogP contribution in [0.1, 0.15) is 30.9 Å². The van der Waals surface area contributed by atoms with Gasteiger partial charge in [0.2, 0.25) is 0 Å². The van der Waals surface area contributed by atoms with Crippen molar-refractivity contribution in [3.05, 3.63) is 68.5 Å². The van der Waals surface area contributed by atoms with Crippen LogP contribution in [0.2, 0.25) is 0 Å². The summed E-state index contributed by atoms with van der Waals surface area (Å²) in [4.78, 5) is 11.7. The summed E-state index contributed by atoms with van der Waals surface area (Å²) < 4.78 is 2.62. The zero-order valence-electron chi connectivity index (χ0n) is 10.6. The fraction of sp³-hybridized carbons (Fsp3) is 0.267. The summed E-state index contributed by atoms with van der Waals surface area (Å²) in [7, 11) is 0. The SMILES string of the molecule is CC(C)c1ccc(Cn2cc(Br)ccc2=O)cc1. The van der Waals surface area contributed by atoms with Gasteiger partial charge in [-0.05, 0) is 39.0 Å². The van der Waals surface area contributed by atoms with E-state index in [4.69, 9.17) is 0 Å². The third-order valence-electron chi connectivity index (χ3n) is 2.95. The molecular formula is C15H16BrNO. The second kappa shape index (κ2) is 5.53. The van der Waals surface area contributed by atoms with Gasteiger partial charge in [0.25, 0.3) is 5.56 Å². The summed E-state index contributed by atoms with van der Waals surface area (Å²) >= 11 is 3.38. The molecule has 0 spiro atoms. The molecule has 0 saturated heterocycles. The van der Waals surface area contributed by atoms with Gasteiger partial charge < -0.3 is 4.57 Å². The summed E-state index contributed by atoms with van der Waals surface area (Å²) in [5, 5.41) is 0. The molecule has 0 unspecified atom stereocenters. The van der Waals surface area contributed by atoms with Crippen LogP contribution in [0, 0.1) is 0 Å². The Morgan fingerprint density at radius 3 is 2.39 bits per heavy atom. The van der Waals surface area contributed by atoms with Crippen molar-refractivity contribution >= 4 is 15.9 Å². The van der Waals surface area contributed by atoms with E-state index < -0.39 is 0 Å². The minimum atomic E-state index is 0.0196. The molecule has 18 heavy (non-hydrogen) atoms. The van der Waals surface area contributed by atoms with Crippen LogP contribution in [0.15, 0.2) is 51.9 Å². The highest BCUT2D eigenvalue weighted by atomic mass is 79.9. The molecular weight excluding hydrogens is 290 g/mol. The second-order valence-electron chi connectivity index (χ2n) is 4.71. The molecule has 3 heteroatoms. The number of rotatable bonds is 3. The predicted molar refractivity (Wildman–Crippen MR) is 78.0 cm³/mol. The van der Waals surface area contributed by atoms with Gasteiger partial charge in [-0.1, -0.05) is 38.1 Å². The maximum Gasteiger partial charge on any atom is 0.250 e. The molecule has 0 saturated carbocycles. The van der Waals surface area contributed by atoms with Crippen molar-refractivity contribution in [1.29, 1.82) is 0 Å². The summed E-state index contributed by atoms with van der Waals surface area (Å²) in [6.07, 6.45) is 1.82. The molecule has 0 aliphatic carbocycles. The molecule has 2 nitrogen and oxygen atoms in total. The number of hydrogen-bond acceptors (Lipinski definition) is 1. The maximum atomic E-state index is 11.7. The van der Waals surface area contributed by atoms with Crippen LogP contribution in [0.5, 0.6) is 0 Å². The van der Waals surface area contributed by atoms with Crippen LogP contribution in [0.4, 0.5) is 0 Å². The van der Waals surface area contributed by atoms with Gasteiger partial charge in [-0.15, -0.1) is 0 Å². The van der Waals surface area contributed by atoms with E-state index in [0.717, 1.165) is 10.0 Å². The predicted octanol–water partition coefficient (Wildman–Crippen LogP) is 3.78. The Bertz CT molecular complexity index is 584. The lowest BCUT2D eigenvalue weighted by Crippen LogP contribution is -2.18. The Hall–Kier alpha value is -1.35. The van der Waals surface area contributed by atoms with Gasteiger partial charge in [0.1, 0.15) is 0 Å². The van der Waals surface area contributed by atoms with Crippen LogP contribution in [-0.2, 0) is 6.54 Å². The Labute approximate surface area is 115 Å². The van der Waals surface area contributed by atoms with E-state index in [9.17, 15) is 4.79 Å². The molecule has 1 aromatic heterocycles. The zero-order valence-corrected chi connectivity index (χ0v) is 12.1. The summed E-state index contributed by atoms with van der Waals surface area (Å²) in [6.45, 7) is 4.96. The smallest absolute Gasteiger partial charge is 0.250 e. The first-order chi connectivity index (χ1) is 8.56. The molecule has 94 valence electrons. The lowest BCUT2D eigenvalue weighted by atomic mass is 10.0. The molecule has 1 aromatic carbocycles. The second-order valence-corrected chi connectivity index (χ2v) is 5.63. The number of pyridine rings is 1. The highest BCUT2D eigenvalue weighted by Gasteiger charge is 2.01. The number of benzene rings is 1. The lowest BCUT2D eigenvalue weighted by molar-refractivity contribution is 0.754. The third-order valence-corrected chi connectivity index (χ3v) is 3.42. The third kappa shape index (κ3) is 3.10. The van der Waals surface area contributed by atoms with Crippen molar-refractivity contribution in [1.82, 2.24) is 4.57 Å². The molecule has 2 rings (SSSR count). The van der Waals surface area contributed by atoms with E-state index in [2.05, 4.69) is 54.0 Å². The summed E-state index contributed by atoms with van der Waals surface area (Å²) in [5.41, 5.74) is 2.48. The van der Waals surface area contributed by atoms with E-state index in [0.29, 0.717) is 12.5 Å². The lowest BCUT2D eigenvalue weighted by Gasteiger charge is -2.09. The topological polar surface area (TPSA) is 22.0 Å². The number of nitrogens with zero attached hydrogens (tertiary/aromatic N) is 1. The molecule has 1 heterocycles. The Kier molecular flexibility index (Phi) is 4.02. The standard InChI is InChI=1S/C15H16BrNO/c1-11(2)13-5-3-12(4-6-13)9-17-10-14(16)7-8-15(17)18/h3-8,10-11H,9H2,1-2H3. The minimum absolute atomic E-state index is 0.0196. The van der Waals surface area contributed by atoms with E-state index in [1.807, 2.05) is 6.20 Å². The van der Waals surface area contributed by atoms with Crippen LogP contribution in [-0.4, -0.2) is 4.57 Å². The Morgan fingerprint density at radius 2 is 1.78 bits per heavy atom. The molecule has 2 aromatic rings. The van der Waals surface area contributed by atoms with Crippen LogP contribution in [0.25, 0.3) is 0 Å². The molecule has 0 aliphatic heterocycles. The molecule has 0 radical (unpaired) electrons. The maximum absolute atomic E-state index is 11.7. The average molecular weight is 306 g/mol. The monoisotopic (exact) mass is 305 g/mol. The van der Waals surface area contributed by atoms with Crippen LogP contribution >= 0.6 is 15.9 Å². The van der Waals surface area contributed by atoms with Gasteiger partial charge in [0.15, 0.2) is 0 Å². The fourth-order valence-electron chi connectivity index (χ4n) is 1.83. The highest BCUT2D eigenvalue weighted by molar-refractivity contribution is 9.10. The van der Waals surface area contributed by atoms with Crippen molar-refractivity contribution in [3.8, 4) is 0 Å². The van der Waals surface area contributed by atoms with Crippen LogP contribution < -0.4 is 5.56 Å². The van der Waals surface area contributed by atoms with Gasteiger partial charge in [-0.2, -0.15) is 0 Å². The fourth-order valence-corrected chi connectivity index (χ4v) is 2.21. The molecule has 0 atom stereocenters. The number of halogens is 1. The molecule has 0 N–H and O–H groups in total. The summed E-state index contributed by atoms with van der Waals surface area (Å²) in [5.74, 6) is 0.535. The largest absolute Gasteiger partial charge is 0.310 e.